The molecule has 9 rings (SSSR count). The average Bonchev–Trinajstić information content (AvgIpc) is 1.59. The quantitative estimate of drug-likeness (QED) is 0.0363. The maximum absolute atomic E-state index is 7.51. The van der Waals surface area contributed by atoms with Gasteiger partial charge in [0.1, 0.15) is 86.2 Å². The second kappa shape index (κ2) is 34.4. The Bertz CT molecular complexity index is 3650. The van der Waals surface area contributed by atoms with E-state index >= 15 is 0 Å². The normalized spacial score (nSPS) is 12.2. The third-order valence-electron chi connectivity index (χ3n) is 16.2. The molecule has 0 saturated carbocycles. The first-order chi connectivity index (χ1) is 45.6. The number of ether oxygens (including phenoxy) is 8. The van der Waals surface area contributed by atoms with Gasteiger partial charge in [0, 0.05) is 44.1 Å². The summed E-state index contributed by atoms with van der Waals surface area (Å²) in [6.07, 6.45) is 5.19. The number of halogens is 8. The Morgan fingerprint density at radius 3 is 0.536 bits per heavy atom. The fourth-order valence-corrected chi connectivity index (χ4v) is 12.3. The second-order valence-electron chi connectivity index (χ2n) is 27.9. The largest absolute Gasteiger partial charge is 2.00 e. The number of nitrogens with zero attached hydrogens (tertiary/aromatic N) is 8. The standard InChI is InChI=1S/C72H88Cl8N8O8.Cu/c1-33(2)17-25-89-57-41-42(58(50(74)49(57)73)90-26-18-34(3)4)66-81-65(41)85-67-43-44(60(92-28-20-36(7)8)52(76)51(75)59(43)91-27-19-35(5)6)69(82-67)87-71-47-48(64(96-32-24-40(15)16)56(80)55(79)63(47)95-31-23-39(13)14)72(84-71)88-70-46-45(68(83-70)86-66)61(93-29-21-37(9)10)53(77)54(78)62(46)94-30-22-38(11)12;/h33-40H,17-32H2,1-16H3;/q-2;+2. The molecule has 0 unspecified atom stereocenters. The van der Waals surface area contributed by atoms with Gasteiger partial charge >= 0.3 is 17.1 Å². The predicted molar refractivity (Wildman–Crippen MR) is 394 cm³/mol. The minimum absolute atomic E-state index is 0. The van der Waals surface area contributed by atoms with Gasteiger partial charge in [-0.2, -0.15) is 0 Å². The molecule has 5 heterocycles. The monoisotopic (exact) mass is 1540 g/mol. The molecule has 0 aliphatic carbocycles. The smallest absolute Gasteiger partial charge is 0.491 e. The minimum Gasteiger partial charge on any atom is -0.491 e. The van der Waals surface area contributed by atoms with Crippen molar-refractivity contribution in [2.75, 3.05) is 52.9 Å². The topological polar surface area (TPSA) is 179 Å². The number of hydrogen-bond donors (Lipinski definition) is 0. The van der Waals surface area contributed by atoms with E-state index in [1.54, 1.807) is 0 Å². The van der Waals surface area contributed by atoms with Crippen LogP contribution < -0.4 is 47.9 Å². The van der Waals surface area contributed by atoms with E-state index in [2.05, 4.69) is 111 Å². The van der Waals surface area contributed by atoms with Crippen LogP contribution in [0.15, 0.2) is 0 Å². The van der Waals surface area contributed by atoms with Gasteiger partial charge in [0.2, 0.25) is 0 Å². The van der Waals surface area contributed by atoms with E-state index in [1.165, 1.54) is 0 Å². The van der Waals surface area contributed by atoms with Gasteiger partial charge < -0.3 is 67.8 Å². The van der Waals surface area contributed by atoms with Gasteiger partial charge in [-0.05, 0) is 98.7 Å². The molecule has 0 fully saturated rings. The summed E-state index contributed by atoms with van der Waals surface area (Å²) in [5, 5.41) is 1.65. The van der Waals surface area contributed by atoms with Crippen LogP contribution in [0.3, 0.4) is 0 Å². The molecule has 0 spiro atoms. The van der Waals surface area contributed by atoms with Crippen LogP contribution in [-0.4, -0.2) is 82.8 Å². The molecule has 0 amide bonds. The Hall–Kier alpha value is -4.52. The number of fused-ring (bicyclic) bond motifs is 20. The summed E-state index contributed by atoms with van der Waals surface area (Å²) in [7, 11) is 0. The first-order valence-electron chi connectivity index (χ1n) is 33.5. The van der Waals surface area contributed by atoms with Crippen molar-refractivity contribution in [2.24, 2.45) is 47.3 Å². The summed E-state index contributed by atoms with van der Waals surface area (Å²) in [6.45, 7) is 35.5. The molecule has 16 nitrogen and oxygen atoms in total. The molecule has 25 heteroatoms. The molecular weight excluding hydrogens is 1450 g/mol. The maximum Gasteiger partial charge on any atom is 2.00 e. The number of aromatic nitrogens is 8. The van der Waals surface area contributed by atoms with Gasteiger partial charge in [-0.25, -0.2) is 9.97 Å². The summed E-state index contributed by atoms with van der Waals surface area (Å²) in [5.74, 6) is 3.43. The molecule has 2 aliphatic rings. The van der Waals surface area contributed by atoms with Crippen molar-refractivity contribution in [3.05, 3.63) is 40.2 Å². The van der Waals surface area contributed by atoms with Crippen molar-refractivity contribution in [2.45, 2.75) is 162 Å². The molecule has 2 aliphatic heterocycles. The molecule has 4 aromatic carbocycles. The fraction of sp³-hybridized carbons (Fsp3) is 0.556. The predicted octanol–water partition coefficient (Wildman–Crippen LogP) is 22.8. The third kappa shape index (κ3) is 17.7. The Morgan fingerprint density at radius 1 is 0.237 bits per heavy atom. The van der Waals surface area contributed by atoms with Crippen LogP contribution in [0.4, 0.5) is 0 Å². The average molecular weight is 1540 g/mol. The van der Waals surface area contributed by atoms with E-state index in [0.29, 0.717) is 95.2 Å². The van der Waals surface area contributed by atoms with Crippen LogP contribution in [0.1, 0.15) is 162 Å². The van der Waals surface area contributed by atoms with Gasteiger partial charge in [-0.3, -0.25) is 0 Å². The van der Waals surface area contributed by atoms with E-state index in [4.69, 9.17) is 171 Å². The van der Waals surface area contributed by atoms with Crippen molar-refractivity contribution in [3.63, 3.8) is 0 Å². The summed E-state index contributed by atoms with van der Waals surface area (Å²) in [6, 6.07) is 0. The van der Waals surface area contributed by atoms with Gasteiger partial charge in [0.25, 0.3) is 0 Å². The second-order valence-corrected chi connectivity index (χ2v) is 30.9. The molecule has 97 heavy (non-hydrogen) atoms. The van der Waals surface area contributed by atoms with Crippen molar-refractivity contribution >= 4 is 137 Å². The zero-order valence-corrected chi connectivity index (χ0v) is 65.1. The summed E-state index contributed by atoms with van der Waals surface area (Å²) >= 11 is 60.0. The van der Waals surface area contributed by atoms with Crippen LogP contribution in [0.25, 0.3) is 89.7 Å². The van der Waals surface area contributed by atoms with Crippen LogP contribution in [0.2, 0.25) is 40.2 Å². The molecular formula is C72H88Cl8CuN8O8. The van der Waals surface area contributed by atoms with E-state index < -0.39 is 0 Å². The summed E-state index contributed by atoms with van der Waals surface area (Å²) in [5.41, 5.74) is 1.31. The van der Waals surface area contributed by atoms with E-state index in [-0.39, 0.29) is 249 Å². The zero-order chi connectivity index (χ0) is 69.7. The molecule has 3 aromatic heterocycles. The number of benzene rings is 4. The van der Waals surface area contributed by atoms with Gasteiger partial charge in [-0.1, -0.05) is 204 Å². The number of rotatable bonds is 32. The van der Waals surface area contributed by atoms with E-state index in [0.717, 1.165) is 0 Å². The number of hydrogen-bond acceptors (Lipinski definition) is 14. The Kier molecular flexibility index (Phi) is 27.8. The summed E-state index contributed by atoms with van der Waals surface area (Å²) < 4.78 is 54.4. The van der Waals surface area contributed by atoms with Gasteiger partial charge in [0.05, 0.1) is 98.4 Å². The maximum atomic E-state index is 7.51. The van der Waals surface area contributed by atoms with Crippen molar-refractivity contribution in [1.82, 2.24) is 39.9 Å². The minimum atomic E-state index is 0. The van der Waals surface area contributed by atoms with Crippen LogP contribution >= 0.6 is 92.8 Å². The molecule has 1 radical (unpaired) electrons. The van der Waals surface area contributed by atoms with E-state index in [1.807, 2.05) is 0 Å². The molecule has 0 atom stereocenters. The van der Waals surface area contributed by atoms with Gasteiger partial charge in [0.15, 0.2) is 0 Å². The summed E-state index contributed by atoms with van der Waals surface area (Å²) in [4.78, 5) is 43.4. The Labute approximate surface area is 621 Å². The Balaban J connectivity index is 0.0000120. The fourth-order valence-electron chi connectivity index (χ4n) is 10.4. The molecule has 7 aromatic rings. The molecule has 8 bridgehead atoms. The van der Waals surface area contributed by atoms with Gasteiger partial charge in [-0.15, -0.1) is 0 Å². The van der Waals surface area contributed by atoms with Crippen LogP contribution in [-0.2, 0) is 17.1 Å². The molecule has 531 valence electrons. The zero-order valence-electron chi connectivity index (χ0n) is 58.1. The van der Waals surface area contributed by atoms with Crippen LogP contribution in [0.5, 0.6) is 46.0 Å². The third-order valence-corrected chi connectivity index (χ3v) is 19.5. The van der Waals surface area contributed by atoms with Crippen molar-refractivity contribution in [3.8, 4) is 91.5 Å². The SMILES string of the molecule is CC(C)CCOc1c(Cl)c(Cl)c(OCCC(C)C)c2c1-c1nc-2nc2[n-]c(nc3nc(nc4[n-]c(n1)c1c(OCCC(C)C)c(Cl)c(Cl)c(OCCC(C)C)c41)-c1c(OCCC(C)C)c(Cl)c(Cl)c(OCCC(C)C)c1-3)c1c(OCCC(C)C)c(Cl)c(Cl)c(OCCC(C)C)c21.[Cu+2]. The Morgan fingerprint density at radius 2 is 0.381 bits per heavy atom. The van der Waals surface area contributed by atoms with Crippen molar-refractivity contribution < 1.29 is 55.0 Å². The molecule has 0 N–H and O–H groups in total. The molecule has 0 saturated heterocycles. The van der Waals surface area contributed by atoms with E-state index in [9.17, 15) is 0 Å². The first-order valence-corrected chi connectivity index (χ1v) is 36.6. The first kappa shape index (κ1) is 78.2. The van der Waals surface area contributed by atoms with Crippen molar-refractivity contribution in [1.29, 1.82) is 0 Å². The van der Waals surface area contributed by atoms with Crippen LogP contribution in [0, 0.1) is 47.3 Å².